The molecule has 1 aliphatic rings. The standard InChI is InChI=1S/C8H11BrO/c9-8-4-2-1-3-7(8)5-6-10/h4,6-7H,1-3,5H2. The summed E-state index contributed by atoms with van der Waals surface area (Å²) < 4.78 is 1.23. The van der Waals surface area contributed by atoms with E-state index in [-0.39, 0.29) is 0 Å². The Morgan fingerprint density at radius 2 is 2.60 bits per heavy atom. The highest BCUT2D eigenvalue weighted by atomic mass is 79.9. The van der Waals surface area contributed by atoms with Gasteiger partial charge in [0.15, 0.2) is 0 Å². The first-order chi connectivity index (χ1) is 4.84. The van der Waals surface area contributed by atoms with Crippen molar-refractivity contribution < 1.29 is 4.79 Å². The first kappa shape index (κ1) is 7.99. The Morgan fingerprint density at radius 1 is 1.80 bits per heavy atom. The second kappa shape index (κ2) is 3.91. The molecule has 1 unspecified atom stereocenters. The Labute approximate surface area is 69.6 Å². The molecule has 0 aromatic carbocycles. The topological polar surface area (TPSA) is 17.1 Å². The molecule has 1 nitrogen and oxygen atoms in total. The third-order valence-corrected chi connectivity index (χ3v) is 2.84. The lowest BCUT2D eigenvalue weighted by Crippen LogP contribution is -2.04. The average Bonchev–Trinajstić information content (AvgIpc) is 1.94. The molecule has 0 fully saturated rings. The zero-order chi connectivity index (χ0) is 7.40. The lowest BCUT2D eigenvalue weighted by atomic mass is 9.94. The number of hydrogen-bond donors (Lipinski definition) is 0. The summed E-state index contributed by atoms with van der Waals surface area (Å²) in [5.74, 6) is 0.478. The fraction of sp³-hybridized carbons (Fsp3) is 0.625. The molecule has 0 saturated carbocycles. The van der Waals surface area contributed by atoms with Crippen LogP contribution < -0.4 is 0 Å². The highest BCUT2D eigenvalue weighted by Crippen LogP contribution is 2.30. The Morgan fingerprint density at radius 3 is 3.20 bits per heavy atom. The van der Waals surface area contributed by atoms with Crippen LogP contribution >= 0.6 is 15.9 Å². The molecule has 0 N–H and O–H groups in total. The fourth-order valence-corrected chi connectivity index (χ4v) is 1.90. The molecule has 0 aromatic heterocycles. The van der Waals surface area contributed by atoms with Crippen LogP contribution in [-0.2, 0) is 4.79 Å². The zero-order valence-electron chi connectivity index (χ0n) is 5.85. The highest BCUT2D eigenvalue weighted by molar-refractivity contribution is 9.11. The molecule has 10 heavy (non-hydrogen) atoms. The van der Waals surface area contributed by atoms with Crippen molar-refractivity contribution in [2.24, 2.45) is 5.92 Å². The van der Waals surface area contributed by atoms with Gasteiger partial charge in [-0.15, -0.1) is 0 Å². The summed E-state index contributed by atoms with van der Waals surface area (Å²) in [7, 11) is 0. The maximum Gasteiger partial charge on any atom is 0.120 e. The number of halogens is 1. The Balaban J connectivity index is 2.49. The van der Waals surface area contributed by atoms with Crippen LogP contribution in [-0.4, -0.2) is 6.29 Å². The first-order valence-corrected chi connectivity index (χ1v) is 4.43. The number of hydrogen-bond acceptors (Lipinski definition) is 1. The van der Waals surface area contributed by atoms with Crippen molar-refractivity contribution in [3.63, 3.8) is 0 Å². The molecule has 0 aliphatic heterocycles. The molecule has 2 heteroatoms. The molecule has 1 rings (SSSR count). The first-order valence-electron chi connectivity index (χ1n) is 3.64. The predicted octanol–water partition coefficient (Wildman–Crippen LogP) is 2.65. The second-order valence-corrected chi connectivity index (χ2v) is 3.53. The van der Waals surface area contributed by atoms with E-state index in [1.165, 1.54) is 10.9 Å². The van der Waals surface area contributed by atoms with E-state index in [0.29, 0.717) is 12.3 Å². The molecule has 1 atom stereocenters. The lowest BCUT2D eigenvalue weighted by Gasteiger charge is -2.17. The van der Waals surface area contributed by atoms with E-state index < -0.39 is 0 Å². The maximum atomic E-state index is 10.2. The van der Waals surface area contributed by atoms with Gasteiger partial charge in [-0.05, 0) is 29.7 Å². The Kier molecular flexibility index (Phi) is 3.13. The van der Waals surface area contributed by atoms with E-state index in [4.69, 9.17) is 0 Å². The molecule has 0 radical (unpaired) electrons. The number of allylic oxidation sites excluding steroid dienone is 2. The van der Waals surface area contributed by atoms with Crippen LogP contribution in [0.3, 0.4) is 0 Å². The maximum absolute atomic E-state index is 10.2. The SMILES string of the molecule is O=CCC1CCCC=C1Br. The molecule has 0 saturated heterocycles. The quantitative estimate of drug-likeness (QED) is 0.630. The monoisotopic (exact) mass is 202 g/mol. The number of carbonyl (C=O) groups excluding carboxylic acids is 1. The average molecular weight is 203 g/mol. The van der Waals surface area contributed by atoms with Crippen molar-refractivity contribution in [1.29, 1.82) is 0 Å². The normalized spacial score (nSPS) is 25.7. The van der Waals surface area contributed by atoms with E-state index in [9.17, 15) is 4.79 Å². The largest absolute Gasteiger partial charge is 0.303 e. The molecular formula is C8H11BrO. The van der Waals surface area contributed by atoms with Gasteiger partial charge in [-0.1, -0.05) is 22.0 Å². The minimum atomic E-state index is 0.478. The minimum Gasteiger partial charge on any atom is -0.303 e. The van der Waals surface area contributed by atoms with Crippen LogP contribution in [0, 0.1) is 5.92 Å². The van der Waals surface area contributed by atoms with Crippen molar-refractivity contribution in [3.05, 3.63) is 10.6 Å². The van der Waals surface area contributed by atoms with Crippen LogP contribution in [0.15, 0.2) is 10.6 Å². The second-order valence-electron chi connectivity index (χ2n) is 2.62. The molecule has 0 amide bonds. The van der Waals surface area contributed by atoms with Gasteiger partial charge in [0.1, 0.15) is 6.29 Å². The van der Waals surface area contributed by atoms with E-state index in [1.54, 1.807) is 0 Å². The molecule has 1 aliphatic carbocycles. The van der Waals surface area contributed by atoms with Crippen molar-refractivity contribution >= 4 is 22.2 Å². The minimum absolute atomic E-state index is 0.478. The number of aldehydes is 1. The van der Waals surface area contributed by atoms with Gasteiger partial charge < -0.3 is 4.79 Å². The van der Waals surface area contributed by atoms with E-state index in [2.05, 4.69) is 22.0 Å². The third kappa shape index (κ3) is 1.94. The summed E-state index contributed by atoms with van der Waals surface area (Å²) in [6.07, 6.45) is 7.42. The molecular weight excluding hydrogens is 192 g/mol. The summed E-state index contributed by atoms with van der Waals surface area (Å²) >= 11 is 3.46. The Bertz CT molecular complexity index is 151. The van der Waals surface area contributed by atoms with Gasteiger partial charge in [0.05, 0.1) is 0 Å². The van der Waals surface area contributed by atoms with Crippen LogP contribution in [0.25, 0.3) is 0 Å². The van der Waals surface area contributed by atoms with E-state index in [0.717, 1.165) is 19.1 Å². The van der Waals surface area contributed by atoms with Gasteiger partial charge in [-0.2, -0.15) is 0 Å². The predicted molar refractivity (Wildman–Crippen MR) is 45.0 cm³/mol. The van der Waals surface area contributed by atoms with Gasteiger partial charge in [-0.25, -0.2) is 0 Å². The van der Waals surface area contributed by atoms with Crippen LogP contribution in [0.5, 0.6) is 0 Å². The van der Waals surface area contributed by atoms with Gasteiger partial charge in [0, 0.05) is 6.42 Å². The lowest BCUT2D eigenvalue weighted by molar-refractivity contribution is -0.108. The van der Waals surface area contributed by atoms with E-state index in [1.807, 2.05) is 0 Å². The Hall–Kier alpha value is -0.110. The van der Waals surface area contributed by atoms with Gasteiger partial charge in [0.2, 0.25) is 0 Å². The molecule has 56 valence electrons. The summed E-state index contributed by atoms with van der Waals surface area (Å²) in [6, 6.07) is 0. The highest BCUT2D eigenvalue weighted by Gasteiger charge is 2.14. The number of rotatable bonds is 2. The zero-order valence-corrected chi connectivity index (χ0v) is 7.43. The molecule has 0 heterocycles. The summed E-state index contributed by atoms with van der Waals surface area (Å²) in [6.45, 7) is 0. The van der Waals surface area contributed by atoms with Crippen molar-refractivity contribution in [2.45, 2.75) is 25.7 Å². The van der Waals surface area contributed by atoms with Gasteiger partial charge >= 0.3 is 0 Å². The molecule has 0 bridgehead atoms. The van der Waals surface area contributed by atoms with Crippen LogP contribution in [0.4, 0.5) is 0 Å². The van der Waals surface area contributed by atoms with Gasteiger partial charge in [0.25, 0.3) is 0 Å². The third-order valence-electron chi connectivity index (χ3n) is 1.87. The smallest absolute Gasteiger partial charge is 0.120 e. The summed E-state index contributed by atoms with van der Waals surface area (Å²) in [5.41, 5.74) is 0. The fourth-order valence-electron chi connectivity index (χ4n) is 1.26. The van der Waals surface area contributed by atoms with Crippen LogP contribution in [0.1, 0.15) is 25.7 Å². The molecule has 0 aromatic rings. The summed E-state index contributed by atoms with van der Waals surface area (Å²) in [5, 5.41) is 0. The van der Waals surface area contributed by atoms with Crippen molar-refractivity contribution in [3.8, 4) is 0 Å². The number of carbonyl (C=O) groups is 1. The molecule has 0 spiro atoms. The van der Waals surface area contributed by atoms with Crippen molar-refractivity contribution in [1.82, 2.24) is 0 Å². The van der Waals surface area contributed by atoms with Gasteiger partial charge in [-0.3, -0.25) is 0 Å². The van der Waals surface area contributed by atoms with Crippen molar-refractivity contribution in [2.75, 3.05) is 0 Å². The van der Waals surface area contributed by atoms with Crippen LogP contribution in [0.2, 0.25) is 0 Å². The summed E-state index contributed by atoms with van der Waals surface area (Å²) in [4.78, 5) is 10.2. The van der Waals surface area contributed by atoms with E-state index >= 15 is 0 Å².